The van der Waals surface area contributed by atoms with E-state index in [1.807, 2.05) is 13.8 Å². The fraction of sp³-hybridized carbons (Fsp3) is 0.500. The SMILES string of the molecule is CC(C)c1cc(-n2nnn(C)c2=O)c(OC2COC2)cc1F. The zero-order chi connectivity index (χ0) is 15.9. The summed E-state index contributed by atoms with van der Waals surface area (Å²) in [7, 11) is 1.50. The molecule has 0 aliphatic carbocycles. The molecule has 7 nitrogen and oxygen atoms in total. The quantitative estimate of drug-likeness (QED) is 0.843. The molecule has 0 N–H and O–H groups in total. The topological polar surface area (TPSA) is 71.2 Å². The summed E-state index contributed by atoms with van der Waals surface area (Å²) < 4.78 is 27.2. The maximum Gasteiger partial charge on any atom is 0.368 e. The van der Waals surface area contributed by atoms with Crippen LogP contribution in [0.3, 0.4) is 0 Å². The Labute approximate surface area is 126 Å². The summed E-state index contributed by atoms with van der Waals surface area (Å²) in [5, 5.41) is 7.50. The van der Waals surface area contributed by atoms with E-state index < -0.39 is 5.69 Å². The minimum Gasteiger partial charge on any atom is -0.483 e. The summed E-state index contributed by atoms with van der Waals surface area (Å²) in [6.45, 7) is 4.65. The molecule has 8 heteroatoms. The number of nitrogens with zero attached hydrogens (tertiary/aromatic N) is 4. The number of aromatic nitrogens is 4. The highest BCUT2D eigenvalue weighted by Crippen LogP contribution is 2.30. The molecule has 118 valence electrons. The van der Waals surface area contributed by atoms with Crippen molar-refractivity contribution in [1.82, 2.24) is 19.8 Å². The van der Waals surface area contributed by atoms with E-state index in [-0.39, 0.29) is 23.6 Å². The normalized spacial score (nSPS) is 15.1. The van der Waals surface area contributed by atoms with Gasteiger partial charge in [-0.2, -0.15) is 9.36 Å². The average Bonchev–Trinajstić information content (AvgIpc) is 2.74. The predicted octanol–water partition coefficient (Wildman–Crippen LogP) is 1.01. The highest BCUT2D eigenvalue weighted by atomic mass is 19.1. The molecule has 1 saturated heterocycles. The van der Waals surface area contributed by atoms with Gasteiger partial charge in [-0.3, -0.25) is 0 Å². The van der Waals surface area contributed by atoms with Crippen LogP contribution in [0.15, 0.2) is 16.9 Å². The lowest BCUT2D eigenvalue weighted by atomic mass is 10.0. The van der Waals surface area contributed by atoms with Crippen molar-refractivity contribution in [2.75, 3.05) is 13.2 Å². The molecular weight excluding hydrogens is 291 g/mol. The molecule has 0 saturated carbocycles. The van der Waals surface area contributed by atoms with Crippen molar-refractivity contribution < 1.29 is 13.9 Å². The van der Waals surface area contributed by atoms with Gasteiger partial charge >= 0.3 is 5.69 Å². The third kappa shape index (κ3) is 2.50. The van der Waals surface area contributed by atoms with Crippen LogP contribution in [0.25, 0.3) is 5.69 Å². The van der Waals surface area contributed by atoms with Crippen molar-refractivity contribution in [2.45, 2.75) is 25.9 Å². The van der Waals surface area contributed by atoms with Crippen LogP contribution >= 0.6 is 0 Å². The van der Waals surface area contributed by atoms with Crippen molar-refractivity contribution in [3.05, 3.63) is 34.0 Å². The summed E-state index contributed by atoms with van der Waals surface area (Å²) in [6, 6.07) is 2.88. The Morgan fingerprint density at radius 2 is 2.09 bits per heavy atom. The van der Waals surface area contributed by atoms with Crippen LogP contribution in [-0.4, -0.2) is 39.1 Å². The Hall–Kier alpha value is -2.22. The molecule has 1 aromatic heterocycles. The van der Waals surface area contributed by atoms with Gasteiger partial charge in [0.1, 0.15) is 23.4 Å². The van der Waals surface area contributed by atoms with Gasteiger partial charge in [-0.15, -0.1) is 0 Å². The van der Waals surface area contributed by atoms with Gasteiger partial charge in [0, 0.05) is 13.1 Å². The van der Waals surface area contributed by atoms with Gasteiger partial charge in [-0.1, -0.05) is 13.8 Å². The van der Waals surface area contributed by atoms with Crippen LogP contribution in [0.4, 0.5) is 4.39 Å². The lowest BCUT2D eigenvalue weighted by molar-refractivity contribution is -0.0798. The number of hydrogen-bond acceptors (Lipinski definition) is 5. The summed E-state index contributed by atoms with van der Waals surface area (Å²) in [5.74, 6) is -0.143. The number of tetrazole rings is 1. The van der Waals surface area contributed by atoms with Gasteiger partial charge in [0.2, 0.25) is 0 Å². The lowest BCUT2D eigenvalue weighted by Gasteiger charge is -2.27. The maximum atomic E-state index is 14.2. The predicted molar refractivity (Wildman–Crippen MR) is 75.9 cm³/mol. The second kappa shape index (κ2) is 5.53. The third-order valence-electron chi connectivity index (χ3n) is 3.55. The van der Waals surface area contributed by atoms with Gasteiger partial charge in [-0.05, 0) is 28.0 Å². The Morgan fingerprint density at radius 1 is 1.36 bits per heavy atom. The minimum atomic E-state index is -0.420. The van der Waals surface area contributed by atoms with Crippen molar-refractivity contribution in [3.8, 4) is 11.4 Å². The Bertz CT molecular complexity index is 749. The Morgan fingerprint density at radius 3 is 2.59 bits per heavy atom. The van der Waals surface area contributed by atoms with Gasteiger partial charge in [0.05, 0.1) is 13.2 Å². The van der Waals surface area contributed by atoms with Crippen LogP contribution in [0.5, 0.6) is 5.75 Å². The van der Waals surface area contributed by atoms with Gasteiger partial charge in [0.15, 0.2) is 0 Å². The first kappa shape index (κ1) is 14.7. The second-order valence-corrected chi connectivity index (χ2v) is 5.57. The van der Waals surface area contributed by atoms with Crippen LogP contribution < -0.4 is 10.4 Å². The first-order valence-corrected chi connectivity index (χ1v) is 7.04. The van der Waals surface area contributed by atoms with Crippen LogP contribution in [0.1, 0.15) is 25.3 Å². The first-order valence-electron chi connectivity index (χ1n) is 7.04. The monoisotopic (exact) mass is 308 g/mol. The van der Waals surface area contributed by atoms with E-state index in [0.717, 1.165) is 9.36 Å². The van der Waals surface area contributed by atoms with E-state index in [0.29, 0.717) is 24.5 Å². The van der Waals surface area contributed by atoms with Crippen molar-refractivity contribution in [2.24, 2.45) is 7.05 Å². The summed E-state index contributed by atoms with van der Waals surface area (Å²) in [6.07, 6.45) is -0.143. The largest absolute Gasteiger partial charge is 0.483 e. The van der Waals surface area contributed by atoms with E-state index >= 15 is 0 Å². The molecule has 0 radical (unpaired) electrons. The fourth-order valence-corrected chi connectivity index (χ4v) is 2.19. The number of aryl methyl sites for hydroxylation is 1. The molecule has 0 spiro atoms. The number of ether oxygens (including phenoxy) is 2. The smallest absolute Gasteiger partial charge is 0.368 e. The Balaban J connectivity index is 2.12. The van der Waals surface area contributed by atoms with Crippen molar-refractivity contribution in [3.63, 3.8) is 0 Å². The van der Waals surface area contributed by atoms with E-state index in [9.17, 15) is 9.18 Å². The zero-order valence-electron chi connectivity index (χ0n) is 12.6. The maximum absolute atomic E-state index is 14.2. The van der Waals surface area contributed by atoms with Gasteiger partial charge in [-0.25, -0.2) is 9.18 Å². The first-order chi connectivity index (χ1) is 10.5. The molecule has 2 aromatic rings. The highest BCUT2D eigenvalue weighted by Gasteiger charge is 2.24. The van der Waals surface area contributed by atoms with Crippen molar-refractivity contribution >= 4 is 0 Å². The zero-order valence-corrected chi connectivity index (χ0v) is 12.6. The van der Waals surface area contributed by atoms with Gasteiger partial charge in [0.25, 0.3) is 0 Å². The average molecular weight is 308 g/mol. The highest BCUT2D eigenvalue weighted by molar-refractivity contribution is 5.49. The molecule has 1 aliphatic rings. The molecule has 22 heavy (non-hydrogen) atoms. The fourth-order valence-electron chi connectivity index (χ4n) is 2.19. The molecule has 0 atom stereocenters. The molecule has 0 amide bonds. The third-order valence-corrected chi connectivity index (χ3v) is 3.55. The number of hydrogen-bond donors (Lipinski definition) is 0. The molecule has 1 fully saturated rings. The van der Waals surface area contributed by atoms with Gasteiger partial charge < -0.3 is 9.47 Å². The lowest BCUT2D eigenvalue weighted by Crippen LogP contribution is -2.39. The molecule has 0 unspecified atom stereocenters. The molecule has 2 heterocycles. The number of benzene rings is 1. The Kier molecular flexibility index (Phi) is 3.69. The molecular formula is C14H17FN4O3. The van der Waals surface area contributed by atoms with Crippen LogP contribution in [0, 0.1) is 5.82 Å². The molecule has 1 aromatic carbocycles. The van der Waals surface area contributed by atoms with Crippen LogP contribution in [0.2, 0.25) is 0 Å². The van der Waals surface area contributed by atoms with E-state index in [1.165, 1.54) is 13.1 Å². The summed E-state index contributed by atoms with van der Waals surface area (Å²) in [4.78, 5) is 12.1. The molecule has 1 aliphatic heterocycles. The van der Waals surface area contributed by atoms with Crippen molar-refractivity contribution in [1.29, 1.82) is 0 Å². The van der Waals surface area contributed by atoms with Crippen LogP contribution in [-0.2, 0) is 11.8 Å². The summed E-state index contributed by atoms with van der Waals surface area (Å²) >= 11 is 0. The molecule has 3 rings (SSSR count). The molecule has 0 bridgehead atoms. The second-order valence-electron chi connectivity index (χ2n) is 5.57. The van der Waals surface area contributed by atoms with E-state index in [2.05, 4.69) is 10.4 Å². The minimum absolute atomic E-state index is 0.0350. The number of halogens is 1. The summed E-state index contributed by atoms with van der Waals surface area (Å²) in [5.41, 5.74) is 0.455. The van der Waals surface area contributed by atoms with E-state index in [1.54, 1.807) is 6.07 Å². The van der Waals surface area contributed by atoms with E-state index in [4.69, 9.17) is 9.47 Å². The standard InChI is InChI=1S/C14H17FN4O3/c1-8(2)10-4-12(19-14(20)18(3)16-17-19)13(5-11(10)15)22-9-6-21-7-9/h4-5,8-9H,6-7H2,1-3H3. The number of rotatable bonds is 4.